The van der Waals surface area contributed by atoms with Gasteiger partial charge in [-0.2, -0.15) is 0 Å². The molecule has 0 aliphatic rings. The summed E-state index contributed by atoms with van der Waals surface area (Å²) in [4.78, 5) is 0. The Morgan fingerprint density at radius 2 is 1.76 bits per heavy atom. The van der Waals surface area contributed by atoms with Crippen molar-refractivity contribution in [3.05, 3.63) is 70.6 Å². The summed E-state index contributed by atoms with van der Waals surface area (Å²) in [6.45, 7) is 4.05. The van der Waals surface area contributed by atoms with E-state index in [1.54, 1.807) is 11.3 Å². The first-order valence-corrected chi connectivity index (χ1v) is 8.25. The Kier molecular flexibility index (Phi) is 3.83. The summed E-state index contributed by atoms with van der Waals surface area (Å²) >= 11 is 1.74. The van der Waals surface area contributed by atoms with E-state index in [1.807, 2.05) is 19.1 Å². The van der Waals surface area contributed by atoms with Crippen LogP contribution in [-0.2, 0) is 18.4 Å². The van der Waals surface area contributed by atoms with Crippen molar-refractivity contribution in [3.63, 3.8) is 0 Å². The number of hydrogen-bond donors (Lipinski definition) is 1. The maximum Gasteiger partial charge on any atom is 0.0909 e. The van der Waals surface area contributed by atoms with Crippen LogP contribution in [0.5, 0.6) is 0 Å². The van der Waals surface area contributed by atoms with E-state index in [4.69, 9.17) is 0 Å². The normalized spacial score (nSPS) is 14.2. The van der Waals surface area contributed by atoms with Crippen molar-refractivity contribution < 1.29 is 5.11 Å². The van der Waals surface area contributed by atoms with E-state index in [0.29, 0.717) is 6.42 Å². The van der Waals surface area contributed by atoms with Crippen molar-refractivity contribution in [1.82, 2.24) is 0 Å². The molecule has 3 rings (SSSR count). The van der Waals surface area contributed by atoms with Crippen LogP contribution in [0.2, 0.25) is 0 Å². The van der Waals surface area contributed by atoms with Crippen LogP contribution in [0, 0.1) is 0 Å². The molecule has 0 bridgehead atoms. The van der Waals surface area contributed by atoms with Gasteiger partial charge in [0.05, 0.1) is 5.60 Å². The molecule has 1 atom stereocenters. The Balaban J connectivity index is 1.91. The SMILES string of the molecule is CCc1ccc(C(C)(O)Cc2csc3ccccc23)cc1. The molecule has 1 aromatic heterocycles. The topological polar surface area (TPSA) is 20.2 Å². The molecule has 0 fully saturated rings. The zero-order valence-electron chi connectivity index (χ0n) is 12.5. The molecule has 0 aliphatic heterocycles. The first kappa shape index (κ1) is 14.3. The summed E-state index contributed by atoms with van der Waals surface area (Å²) in [6.07, 6.45) is 1.67. The third kappa shape index (κ3) is 2.87. The van der Waals surface area contributed by atoms with Crippen LogP contribution in [0.15, 0.2) is 53.9 Å². The average molecular weight is 296 g/mol. The van der Waals surface area contributed by atoms with Crippen molar-refractivity contribution in [2.45, 2.75) is 32.3 Å². The maximum absolute atomic E-state index is 10.9. The number of rotatable bonds is 4. The smallest absolute Gasteiger partial charge is 0.0909 e. The highest BCUT2D eigenvalue weighted by Gasteiger charge is 2.24. The molecule has 0 amide bonds. The highest BCUT2D eigenvalue weighted by atomic mass is 32.1. The Morgan fingerprint density at radius 1 is 1.05 bits per heavy atom. The van der Waals surface area contributed by atoms with Crippen LogP contribution in [-0.4, -0.2) is 5.11 Å². The number of hydrogen-bond acceptors (Lipinski definition) is 2. The third-order valence-electron chi connectivity index (χ3n) is 4.08. The van der Waals surface area contributed by atoms with E-state index < -0.39 is 5.60 Å². The molecule has 1 nitrogen and oxygen atoms in total. The number of benzene rings is 2. The lowest BCUT2D eigenvalue weighted by atomic mass is 9.88. The molecule has 108 valence electrons. The van der Waals surface area contributed by atoms with Gasteiger partial charge in [-0.25, -0.2) is 0 Å². The lowest BCUT2D eigenvalue weighted by Crippen LogP contribution is -2.24. The fourth-order valence-corrected chi connectivity index (χ4v) is 3.70. The maximum atomic E-state index is 10.9. The van der Waals surface area contributed by atoms with Crippen LogP contribution >= 0.6 is 11.3 Å². The lowest BCUT2D eigenvalue weighted by molar-refractivity contribution is 0.0580. The largest absolute Gasteiger partial charge is 0.385 e. The van der Waals surface area contributed by atoms with E-state index in [-0.39, 0.29) is 0 Å². The molecular formula is C19H20OS. The van der Waals surface area contributed by atoms with Crippen LogP contribution in [0.3, 0.4) is 0 Å². The molecule has 0 saturated heterocycles. The van der Waals surface area contributed by atoms with Gasteiger partial charge in [-0.15, -0.1) is 11.3 Å². The lowest BCUT2D eigenvalue weighted by Gasteiger charge is -2.24. The van der Waals surface area contributed by atoms with Gasteiger partial charge in [0.1, 0.15) is 0 Å². The fourth-order valence-electron chi connectivity index (χ4n) is 2.74. The van der Waals surface area contributed by atoms with Gasteiger partial charge in [-0.3, -0.25) is 0 Å². The van der Waals surface area contributed by atoms with E-state index in [0.717, 1.165) is 12.0 Å². The fraction of sp³-hybridized carbons (Fsp3) is 0.263. The van der Waals surface area contributed by atoms with E-state index >= 15 is 0 Å². The minimum atomic E-state index is -0.837. The summed E-state index contributed by atoms with van der Waals surface area (Å²) in [5.41, 5.74) is 2.67. The Morgan fingerprint density at radius 3 is 2.48 bits per heavy atom. The Bertz CT molecular complexity index is 738. The summed E-state index contributed by atoms with van der Waals surface area (Å²) in [6, 6.07) is 16.7. The van der Waals surface area contributed by atoms with Crippen molar-refractivity contribution in [3.8, 4) is 0 Å². The molecule has 0 radical (unpaired) electrons. The van der Waals surface area contributed by atoms with Crippen molar-refractivity contribution in [2.75, 3.05) is 0 Å². The quantitative estimate of drug-likeness (QED) is 0.725. The van der Waals surface area contributed by atoms with Crippen molar-refractivity contribution in [1.29, 1.82) is 0 Å². The Hall–Kier alpha value is -1.64. The van der Waals surface area contributed by atoms with Gasteiger partial charge < -0.3 is 5.11 Å². The second kappa shape index (κ2) is 5.63. The predicted octanol–water partition coefficient (Wildman–Crippen LogP) is 4.91. The molecule has 0 spiro atoms. The van der Waals surface area contributed by atoms with Gasteiger partial charge in [0.25, 0.3) is 0 Å². The second-order valence-corrected chi connectivity index (χ2v) is 6.67. The standard InChI is InChI=1S/C19H20OS/c1-3-14-8-10-16(11-9-14)19(2,20)12-15-13-21-18-7-5-4-6-17(15)18/h4-11,13,20H,3,12H2,1-2H3. The van der Waals surface area contributed by atoms with Gasteiger partial charge in [0.2, 0.25) is 0 Å². The van der Waals surface area contributed by atoms with Crippen LogP contribution < -0.4 is 0 Å². The zero-order chi connectivity index (χ0) is 14.9. The Labute approximate surface area is 129 Å². The molecule has 0 aliphatic carbocycles. The van der Waals surface area contributed by atoms with Gasteiger partial charge in [-0.05, 0) is 46.9 Å². The highest BCUT2D eigenvalue weighted by molar-refractivity contribution is 7.17. The predicted molar refractivity (Wildman–Crippen MR) is 90.9 cm³/mol. The second-order valence-electron chi connectivity index (χ2n) is 5.76. The molecule has 1 heterocycles. The monoisotopic (exact) mass is 296 g/mol. The van der Waals surface area contributed by atoms with Gasteiger partial charge in [0.15, 0.2) is 0 Å². The van der Waals surface area contributed by atoms with Gasteiger partial charge in [0, 0.05) is 11.1 Å². The number of aliphatic hydroxyl groups is 1. The molecule has 1 N–H and O–H groups in total. The average Bonchev–Trinajstić information content (AvgIpc) is 2.90. The first-order chi connectivity index (χ1) is 10.1. The highest BCUT2D eigenvalue weighted by Crippen LogP contribution is 2.32. The van der Waals surface area contributed by atoms with Crippen molar-refractivity contribution >= 4 is 21.4 Å². The summed E-state index contributed by atoms with van der Waals surface area (Å²) in [7, 11) is 0. The third-order valence-corrected chi connectivity index (χ3v) is 5.09. The summed E-state index contributed by atoms with van der Waals surface area (Å²) < 4.78 is 1.28. The molecular weight excluding hydrogens is 276 g/mol. The van der Waals surface area contributed by atoms with E-state index in [9.17, 15) is 5.11 Å². The number of fused-ring (bicyclic) bond motifs is 1. The first-order valence-electron chi connectivity index (χ1n) is 7.37. The minimum absolute atomic E-state index is 0.641. The van der Waals surface area contributed by atoms with Crippen LogP contribution in [0.4, 0.5) is 0 Å². The molecule has 2 heteroatoms. The van der Waals surface area contributed by atoms with Crippen LogP contribution in [0.1, 0.15) is 30.5 Å². The number of thiophene rings is 1. The van der Waals surface area contributed by atoms with E-state index in [2.05, 4.69) is 48.7 Å². The zero-order valence-corrected chi connectivity index (χ0v) is 13.3. The van der Waals surface area contributed by atoms with Crippen molar-refractivity contribution in [2.24, 2.45) is 0 Å². The summed E-state index contributed by atoms with van der Waals surface area (Å²) in [5, 5.41) is 14.3. The number of aryl methyl sites for hydroxylation is 1. The summed E-state index contributed by atoms with van der Waals surface area (Å²) in [5.74, 6) is 0. The molecule has 21 heavy (non-hydrogen) atoms. The minimum Gasteiger partial charge on any atom is -0.385 e. The van der Waals surface area contributed by atoms with Gasteiger partial charge in [-0.1, -0.05) is 49.4 Å². The molecule has 2 aromatic carbocycles. The molecule has 0 saturated carbocycles. The molecule has 1 unspecified atom stereocenters. The molecule has 3 aromatic rings. The van der Waals surface area contributed by atoms with Crippen LogP contribution in [0.25, 0.3) is 10.1 Å². The van der Waals surface area contributed by atoms with Gasteiger partial charge >= 0.3 is 0 Å². The van der Waals surface area contributed by atoms with E-state index in [1.165, 1.54) is 21.2 Å².